The van der Waals surface area contributed by atoms with Crippen molar-refractivity contribution in [1.29, 1.82) is 0 Å². The van der Waals surface area contributed by atoms with Gasteiger partial charge in [0.1, 0.15) is 11.5 Å². The average Bonchev–Trinajstić information content (AvgIpc) is 2.26. The van der Waals surface area contributed by atoms with E-state index in [1.807, 2.05) is 20.8 Å². The molecule has 1 aromatic carbocycles. The van der Waals surface area contributed by atoms with Gasteiger partial charge in [-0.1, -0.05) is 20.8 Å². The number of ketones is 1. The normalized spacial score (nSPS) is 11.2. The van der Waals surface area contributed by atoms with E-state index in [0.29, 0.717) is 17.1 Å². The lowest BCUT2D eigenvalue weighted by atomic mass is 9.86. The number of Topliss-reactive ketones (excluding diaryl/α,β-unsaturated/α-hetero) is 1. The third-order valence-electron chi connectivity index (χ3n) is 2.40. The average molecular weight is 301 g/mol. The van der Waals surface area contributed by atoms with Crippen molar-refractivity contribution in [1.82, 2.24) is 0 Å². The molecule has 0 fully saturated rings. The molecule has 0 aliphatic carbocycles. The van der Waals surface area contributed by atoms with Gasteiger partial charge >= 0.3 is 0 Å². The summed E-state index contributed by atoms with van der Waals surface area (Å²) >= 11 is 3.37. The molecule has 0 N–H and O–H groups in total. The van der Waals surface area contributed by atoms with Crippen LogP contribution >= 0.6 is 15.9 Å². The Labute approximate surface area is 110 Å². The van der Waals surface area contributed by atoms with Gasteiger partial charge in [-0.25, -0.2) is 0 Å². The van der Waals surface area contributed by atoms with Crippen LogP contribution in [0.3, 0.4) is 0 Å². The minimum atomic E-state index is -0.452. The zero-order chi connectivity index (χ0) is 13.2. The van der Waals surface area contributed by atoms with Crippen molar-refractivity contribution < 1.29 is 14.3 Å². The number of carbonyl (C=O) groups is 1. The Balaban J connectivity index is 3.36. The fourth-order valence-electron chi connectivity index (χ4n) is 1.44. The predicted octanol–water partition coefficient (Wildman–Crippen LogP) is 3.70. The maximum Gasteiger partial charge on any atom is 0.172 e. The smallest absolute Gasteiger partial charge is 0.172 e. The summed E-state index contributed by atoms with van der Waals surface area (Å²) in [6.07, 6.45) is 0. The van der Waals surface area contributed by atoms with E-state index in [2.05, 4.69) is 15.9 Å². The first kappa shape index (κ1) is 14.0. The van der Waals surface area contributed by atoms with Crippen LogP contribution in [-0.2, 0) is 0 Å². The van der Waals surface area contributed by atoms with E-state index in [0.717, 1.165) is 4.47 Å². The molecule has 94 valence electrons. The third-order valence-corrected chi connectivity index (χ3v) is 3.02. The summed E-state index contributed by atoms with van der Waals surface area (Å²) < 4.78 is 11.2. The highest BCUT2D eigenvalue weighted by Gasteiger charge is 2.26. The minimum absolute atomic E-state index is 0.0279. The van der Waals surface area contributed by atoms with Crippen molar-refractivity contribution in [3.8, 4) is 11.5 Å². The van der Waals surface area contributed by atoms with Crippen LogP contribution in [0.1, 0.15) is 31.1 Å². The number of halogens is 1. The van der Waals surface area contributed by atoms with Crippen molar-refractivity contribution in [3.05, 3.63) is 22.2 Å². The van der Waals surface area contributed by atoms with Crippen LogP contribution in [0, 0.1) is 5.41 Å². The monoisotopic (exact) mass is 300 g/mol. The van der Waals surface area contributed by atoms with Crippen LogP contribution in [0.2, 0.25) is 0 Å². The topological polar surface area (TPSA) is 35.5 Å². The summed E-state index contributed by atoms with van der Waals surface area (Å²) in [5, 5.41) is 0. The number of ether oxygens (including phenoxy) is 2. The van der Waals surface area contributed by atoms with Gasteiger partial charge < -0.3 is 9.47 Å². The molecule has 17 heavy (non-hydrogen) atoms. The number of hydrogen-bond acceptors (Lipinski definition) is 3. The molecule has 4 heteroatoms. The summed E-state index contributed by atoms with van der Waals surface area (Å²) in [5.41, 5.74) is 0.0895. The lowest BCUT2D eigenvalue weighted by Crippen LogP contribution is -2.21. The number of methoxy groups -OCH3 is 2. The van der Waals surface area contributed by atoms with Gasteiger partial charge in [-0.05, 0) is 28.1 Å². The van der Waals surface area contributed by atoms with E-state index in [1.165, 1.54) is 0 Å². The van der Waals surface area contributed by atoms with Gasteiger partial charge in [0, 0.05) is 5.41 Å². The largest absolute Gasteiger partial charge is 0.496 e. The molecule has 1 aromatic rings. The first-order chi connectivity index (χ1) is 7.81. The van der Waals surface area contributed by atoms with E-state index in [4.69, 9.17) is 9.47 Å². The maximum atomic E-state index is 12.3. The second-order valence-corrected chi connectivity index (χ2v) is 5.62. The van der Waals surface area contributed by atoms with Gasteiger partial charge in [0.15, 0.2) is 5.78 Å². The molecule has 3 nitrogen and oxygen atoms in total. The highest BCUT2D eigenvalue weighted by Crippen LogP contribution is 2.35. The van der Waals surface area contributed by atoms with E-state index >= 15 is 0 Å². The third kappa shape index (κ3) is 3.00. The Kier molecular flexibility index (Phi) is 4.20. The Hall–Kier alpha value is -1.03. The zero-order valence-electron chi connectivity index (χ0n) is 10.8. The summed E-state index contributed by atoms with van der Waals surface area (Å²) in [6, 6.07) is 3.45. The molecule has 0 saturated heterocycles. The first-order valence-corrected chi connectivity index (χ1v) is 6.07. The number of rotatable bonds is 3. The highest BCUT2D eigenvalue weighted by molar-refractivity contribution is 9.10. The summed E-state index contributed by atoms with van der Waals surface area (Å²) in [5.74, 6) is 1.20. The molecule has 0 aromatic heterocycles. The van der Waals surface area contributed by atoms with Gasteiger partial charge in [0.2, 0.25) is 0 Å². The first-order valence-electron chi connectivity index (χ1n) is 5.27. The van der Waals surface area contributed by atoms with Gasteiger partial charge in [-0.3, -0.25) is 4.79 Å². The number of benzene rings is 1. The SMILES string of the molecule is COc1cc(C(=O)C(C)(C)C)c(OC)cc1Br. The van der Waals surface area contributed by atoms with Crippen molar-refractivity contribution >= 4 is 21.7 Å². The molecule has 0 heterocycles. The van der Waals surface area contributed by atoms with Crippen LogP contribution in [0.25, 0.3) is 0 Å². The van der Waals surface area contributed by atoms with E-state index in [-0.39, 0.29) is 5.78 Å². The van der Waals surface area contributed by atoms with Gasteiger partial charge in [0.05, 0.1) is 24.3 Å². The van der Waals surface area contributed by atoms with Crippen LogP contribution in [0.15, 0.2) is 16.6 Å². The summed E-state index contributed by atoms with van der Waals surface area (Å²) in [7, 11) is 3.12. The molecule has 1 rings (SSSR count). The Morgan fingerprint density at radius 3 is 2.06 bits per heavy atom. The fourth-order valence-corrected chi connectivity index (χ4v) is 1.93. The predicted molar refractivity (Wildman–Crippen MR) is 71.0 cm³/mol. The van der Waals surface area contributed by atoms with Gasteiger partial charge in [0.25, 0.3) is 0 Å². The van der Waals surface area contributed by atoms with Crippen LogP contribution in [0.5, 0.6) is 11.5 Å². The maximum absolute atomic E-state index is 12.3. The Morgan fingerprint density at radius 2 is 1.65 bits per heavy atom. The molecule has 0 saturated carbocycles. The number of carbonyl (C=O) groups excluding carboxylic acids is 1. The standard InChI is InChI=1S/C13H17BrO3/c1-13(2,3)12(15)8-6-11(17-5)9(14)7-10(8)16-4/h6-7H,1-5H3. The second-order valence-electron chi connectivity index (χ2n) is 4.77. The Bertz CT molecular complexity index is 433. The van der Waals surface area contributed by atoms with Crippen molar-refractivity contribution in [2.45, 2.75) is 20.8 Å². The molecular formula is C13H17BrO3. The molecule has 0 radical (unpaired) electrons. The Morgan fingerprint density at radius 1 is 1.12 bits per heavy atom. The molecule has 0 aliphatic rings. The molecule has 0 spiro atoms. The fraction of sp³-hybridized carbons (Fsp3) is 0.462. The molecular weight excluding hydrogens is 284 g/mol. The quantitative estimate of drug-likeness (QED) is 0.799. The van der Waals surface area contributed by atoms with Crippen LogP contribution in [-0.4, -0.2) is 20.0 Å². The molecule has 0 aliphatic heterocycles. The minimum Gasteiger partial charge on any atom is -0.496 e. The molecule has 0 unspecified atom stereocenters. The van der Waals surface area contributed by atoms with E-state index in [1.54, 1.807) is 26.4 Å². The van der Waals surface area contributed by atoms with Gasteiger partial charge in [-0.15, -0.1) is 0 Å². The lowest BCUT2D eigenvalue weighted by molar-refractivity contribution is 0.0854. The highest BCUT2D eigenvalue weighted by atomic mass is 79.9. The van der Waals surface area contributed by atoms with Crippen molar-refractivity contribution in [2.24, 2.45) is 5.41 Å². The van der Waals surface area contributed by atoms with Gasteiger partial charge in [-0.2, -0.15) is 0 Å². The molecule has 0 amide bonds. The van der Waals surface area contributed by atoms with E-state index < -0.39 is 5.41 Å². The second kappa shape index (κ2) is 5.08. The van der Waals surface area contributed by atoms with E-state index in [9.17, 15) is 4.79 Å². The van der Waals surface area contributed by atoms with Crippen LogP contribution < -0.4 is 9.47 Å². The summed E-state index contributed by atoms with van der Waals surface area (Å²) in [6.45, 7) is 5.63. The number of hydrogen-bond donors (Lipinski definition) is 0. The zero-order valence-corrected chi connectivity index (χ0v) is 12.3. The van der Waals surface area contributed by atoms with Crippen molar-refractivity contribution in [3.63, 3.8) is 0 Å². The van der Waals surface area contributed by atoms with Crippen molar-refractivity contribution in [2.75, 3.05) is 14.2 Å². The summed E-state index contributed by atoms with van der Waals surface area (Å²) in [4.78, 5) is 12.3. The van der Waals surface area contributed by atoms with Crippen LogP contribution in [0.4, 0.5) is 0 Å². The molecule has 0 atom stereocenters. The molecule has 0 bridgehead atoms. The lowest BCUT2D eigenvalue weighted by Gasteiger charge is -2.19.